The van der Waals surface area contributed by atoms with Gasteiger partial charge in [0.15, 0.2) is 9.84 Å². The van der Waals surface area contributed by atoms with E-state index in [0.717, 1.165) is 18.2 Å². The molecule has 0 fully saturated rings. The summed E-state index contributed by atoms with van der Waals surface area (Å²) in [7, 11) is -4.38. The Kier molecular flexibility index (Phi) is 6.16. The molecular weight excluding hydrogens is 445 g/mol. The molecule has 0 saturated heterocycles. The molecule has 1 aromatic heterocycles. The summed E-state index contributed by atoms with van der Waals surface area (Å²) < 4.78 is 52.9. The molecule has 0 amide bonds. The van der Waals surface area contributed by atoms with Crippen LogP contribution in [0.15, 0.2) is 53.6 Å². The van der Waals surface area contributed by atoms with Crippen LogP contribution in [0.1, 0.15) is 16.8 Å². The maximum atomic E-state index is 13.9. The molecule has 0 aliphatic carbocycles. The van der Waals surface area contributed by atoms with E-state index < -0.39 is 32.1 Å². The summed E-state index contributed by atoms with van der Waals surface area (Å²) in [5, 5.41) is 10.3. The van der Waals surface area contributed by atoms with E-state index >= 15 is 0 Å². The van der Waals surface area contributed by atoms with Gasteiger partial charge in [0.05, 0.1) is 16.5 Å². The predicted molar refractivity (Wildman–Crippen MR) is 106 cm³/mol. The van der Waals surface area contributed by atoms with Crippen LogP contribution in [0.2, 0.25) is 10.3 Å². The highest BCUT2D eigenvalue weighted by Crippen LogP contribution is 2.31. The highest BCUT2D eigenvalue weighted by molar-refractivity contribution is 7.90. The molecular formula is C19H12Cl2F2N2O3S. The normalized spacial score (nSPS) is 12.2. The third-order valence-corrected chi connectivity index (χ3v) is 6.19. The zero-order chi connectivity index (χ0) is 21.2. The van der Waals surface area contributed by atoms with Gasteiger partial charge in [-0.05, 0) is 41.4 Å². The maximum absolute atomic E-state index is 13.9. The second kappa shape index (κ2) is 8.44. The Morgan fingerprint density at radius 1 is 1.07 bits per heavy atom. The largest absolute Gasteiger partial charge is 0.507 e. The Morgan fingerprint density at radius 2 is 1.72 bits per heavy atom. The topological polar surface area (TPSA) is 80.2 Å². The van der Waals surface area contributed by atoms with Crippen LogP contribution in [-0.2, 0) is 15.6 Å². The lowest BCUT2D eigenvalue weighted by Gasteiger charge is -2.11. The van der Waals surface area contributed by atoms with Crippen molar-refractivity contribution in [1.82, 2.24) is 9.97 Å². The third kappa shape index (κ3) is 4.72. The van der Waals surface area contributed by atoms with Gasteiger partial charge in [0.25, 0.3) is 0 Å². The highest BCUT2D eigenvalue weighted by atomic mass is 35.5. The van der Waals surface area contributed by atoms with Gasteiger partial charge in [-0.25, -0.2) is 27.2 Å². The molecule has 3 aromatic rings. The van der Waals surface area contributed by atoms with Crippen molar-refractivity contribution in [3.8, 4) is 0 Å². The first-order valence-corrected chi connectivity index (χ1v) is 10.4. The molecule has 1 heterocycles. The zero-order valence-electron chi connectivity index (χ0n) is 14.5. The van der Waals surface area contributed by atoms with Crippen LogP contribution < -0.4 is 0 Å². The average Bonchev–Trinajstić information content (AvgIpc) is 2.63. The molecule has 3 rings (SSSR count). The lowest BCUT2D eigenvalue weighted by Crippen LogP contribution is -2.10. The summed E-state index contributed by atoms with van der Waals surface area (Å²) in [4.78, 5) is 6.60. The van der Waals surface area contributed by atoms with Gasteiger partial charge in [-0.1, -0.05) is 29.8 Å². The van der Waals surface area contributed by atoms with E-state index in [1.807, 2.05) is 0 Å². The van der Waals surface area contributed by atoms with Crippen molar-refractivity contribution in [2.75, 3.05) is 0 Å². The standard InChI is InChI=1S/C19H12Cl2F2N2O3S/c20-17-11(10-29(27,28)18-14(22)5-2-6-15(18)23)3-1-4-13(17)16(26)9-12-7-8-24-19(21)25-12/h1-9,26H,10H2/b16-9+. The van der Waals surface area contributed by atoms with Crippen LogP contribution in [0.4, 0.5) is 8.78 Å². The Bertz CT molecular complexity index is 1200. The van der Waals surface area contributed by atoms with Crippen LogP contribution in [0.5, 0.6) is 0 Å². The maximum Gasteiger partial charge on any atom is 0.222 e. The number of halogens is 4. The number of aromatic nitrogens is 2. The number of rotatable bonds is 5. The van der Waals surface area contributed by atoms with Crippen molar-refractivity contribution in [1.29, 1.82) is 0 Å². The second-order valence-corrected chi connectivity index (χ2v) is 8.51. The van der Waals surface area contributed by atoms with Crippen molar-refractivity contribution >= 4 is 44.9 Å². The summed E-state index contributed by atoms with van der Waals surface area (Å²) >= 11 is 12.0. The third-order valence-electron chi connectivity index (χ3n) is 3.86. The van der Waals surface area contributed by atoms with Gasteiger partial charge in [-0.15, -0.1) is 0 Å². The molecule has 150 valence electrons. The zero-order valence-corrected chi connectivity index (χ0v) is 16.8. The molecule has 5 nitrogen and oxygen atoms in total. The summed E-state index contributed by atoms with van der Waals surface area (Å²) in [5.74, 6) is -3.45. The van der Waals surface area contributed by atoms with E-state index in [1.165, 1.54) is 36.5 Å². The van der Waals surface area contributed by atoms with Gasteiger partial charge in [-0.2, -0.15) is 0 Å². The summed E-state index contributed by atoms with van der Waals surface area (Å²) in [6.07, 6.45) is 2.66. The number of hydrogen-bond acceptors (Lipinski definition) is 5. The fourth-order valence-corrected chi connectivity index (χ4v) is 4.64. The Hall–Kier alpha value is -2.55. The molecule has 0 aliphatic heterocycles. The molecule has 0 spiro atoms. The van der Waals surface area contributed by atoms with E-state index in [2.05, 4.69) is 9.97 Å². The molecule has 0 atom stereocenters. The first kappa shape index (κ1) is 21.2. The molecule has 1 N–H and O–H groups in total. The van der Waals surface area contributed by atoms with Crippen LogP contribution in [0.3, 0.4) is 0 Å². The number of nitrogens with zero attached hydrogens (tertiary/aromatic N) is 2. The van der Waals surface area contributed by atoms with Crippen molar-refractivity contribution in [3.63, 3.8) is 0 Å². The molecule has 0 bridgehead atoms. The summed E-state index contributed by atoms with van der Waals surface area (Å²) in [6, 6.07) is 8.57. The van der Waals surface area contributed by atoms with Crippen LogP contribution in [-0.4, -0.2) is 23.5 Å². The lowest BCUT2D eigenvalue weighted by atomic mass is 10.1. The van der Waals surface area contributed by atoms with Gasteiger partial charge in [-0.3, -0.25) is 0 Å². The summed E-state index contributed by atoms with van der Waals surface area (Å²) in [6.45, 7) is 0. The number of aliphatic hydroxyl groups is 1. The van der Waals surface area contributed by atoms with E-state index in [0.29, 0.717) is 5.69 Å². The monoisotopic (exact) mass is 456 g/mol. The molecule has 10 heteroatoms. The van der Waals surface area contributed by atoms with E-state index in [9.17, 15) is 22.3 Å². The van der Waals surface area contributed by atoms with Gasteiger partial charge in [0.2, 0.25) is 5.28 Å². The van der Waals surface area contributed by atoms with Crippen molar-refractivity contribution in [3.05, 3.63) is 87.4 Å². The first-order chi connectivity index (χ1) is 13.7. The lowest BCUT2D eigenvalue weighted by molar-refractivity contribution is 0.514. The quantitative estimate of drug-likeness (QED) is 0.427. The fraction of sp³-hybridized carbons (Fsp3) is 0.0526. The smallest absolute Gasteiger partial charge is 0.222 e. The Labute approximate surface area is 175 Å². The Balaban J connectivity index is 1.99. The van der Waals surface area contributed by atoms with Gasteiger partial charge >= 0.3 is 0 Å². The predicted octanol–water partition coefficient (Wildman–Crippen LogP) is 5.09. The summed E-state index contributed by atoms with van der Waals surface area (Å²) in [5.41, 5.74) is 0.473. The SMILES string of the molecule is O=S(=O)(Cc1cccc(/C(O)=C\c2ccnc(Cl)n2)c1Cl)c1c(F)cccc1F. The number of benzene rings is 2. The fourth-order valence-electron chi connectivity index (χ4n) is 2.59. The number of sulfone groups is 1. The molecule has 0 saturated carbocycles. The number of hydrogen-bond donors (Lipinski definition) is 1. The minimum atomic E-state index is -4.38. The van der Waals surface area contributed by atoms with Crippen LogP contribution in [0, 0.1) is 11.6 Å². The van der Waals surface area contributed by atoms with Gasteiger partial charge in [0, 0.05) is 17.8 Å². The van der Waals surface area contributed by atoms with E-state index in [4.69, 9.17) is 23.2 Å². The average molecular weight is 457 g/mol. The van der Waals surface area contributed by atoms with E-state index in [1.54, 1.807) is 0 Å². The first-order valence-electron chi connectivity index (χ1n) is 8.03. The molecule has 2 aromatic carbocycles. The minimum Gasteiger partial charge on any atom is -0.507 e. The molecule has 0 unspecified atom stereocenters. The van der Waals surface area contributed by atoms with Crippen molar-refractivity contribution < 1.29 is 22.3 Å². The minimum absolute atomic E-state index is 0.0237. The van der Waals surface area contributed by atoms with E-state index in [-0.39, 0.29) is 27.2 Å². The highest BCUT2D eigenvalue weighted by Gasteiger charge is 2.25. The molecule has 29 heavy (non-hydrogen) atoms. The van der Waals surface area contributed by atoms with Crippen molar-refractivity contribution in [2.45, 2.75) is 10.6 Å². The van der Waals surface area contributed by atoms with Crippen LogP contribution in [0.25, 0.3) is 11.8 Å². The van der Waals surface area contributed by atoms with Crippen molar-refractivity contribution in [2.24, 2.45) is 0 Å². The number of aliphatic hydroxyl groups excluding tert-OH is 1. The Morgan fingerprint density at radius 3 is 2.38 bits per heavy atom. The second-order valence-electron chi connectivity index (χ2n) is 5.87. The molecule has 0 radical (unpaired) electrons. The van der Waals surface area contributed by atoms with Crippen LogP contribution >= 0.6 is 23.2 Å². The molecule has 0 aliphatic rings. The van der Waals surface area contributed by atoms with Gasteiger partial charge in [0.1, 0.15) is 22.3 Å². The van der Waals surface area contributed by atoms with Gasteiger partial charge < -0.3 is 5.11 Å².